The number of anilines is 3. The van der Waals surface area contributed by atoms with E-state index in [1.807, 2.05) is 56.3 Å². The quantitative estimate of drug-likeness (QED) is 0.148. The van der Waals surface area contributed by atoms with Gasteiger partial charge in [-0.2, -0.15) is 0 Å². The summed E-state index contributed by atoms with van der Waals surface area (Å²) in [4.78, 5) is 44.1. The van der Waals surface area contributed by atoms with Crippen LogP contribution in [0.15, 0.2) is 84.9 Å². The van der Waals surface area contributed by atoms with Crippen molar-refractivity contribution in [2.45, 2.75) is 58.3 Å². The highest BCUT2D eigenvalue weighted by atomic mass is 16.5. The van der Waals surface area contributed by atoms with Gasteiger partial charge in [-0.05, 0) is 87.0 Å². The first-order chi connectivity index (χ1) is 25.6. The summed E-state index contributed by atoms with van der Waals surface area (Å²) in [6.07, 6.45) is 1.74. The van der Waals surface area contributed by atoms with Crippen molar-refractivity contribution >= 4 is 45.8 Å². The number of methoxy groups -OCH3 is 1. The predicted octanol–water partition coefficient (Wildman–Crippen LogP) is 7.45. The predicted molar refractivity (Wildman–Crippen MR) is 208 cm³/mol. The van der Waals surface area contributed by atoms with Gasteiger partial charge in [0.15, 0.2) is 0 Å². The van der Waals surface area contributed by atoms with Crippen LogP contribution in [0.25, 0.3) is 10.8 Å². The Hall–Kier alpha value is -5.33. The van der Waals surface area contributed by atoms with E-state index >= 15 is 0 Å². The van der Waals surface area contributed by atoms with Gasteiger partial charge in [-0.1, -0.05) is 43.3 Å². The number of urea groups is 2. The molecule has 0 fully saturated rings. The van der Waals surface area contributed by atoms with Crippen LogP contribution >= 0.6 is 0 Å². The fourth-order valence-electron chi connectivity index (χ4n) is 6.33. The number of nitrogens with one attached hydrogen (secondary N) is 3. The van der Waals surface area contributed by atoms with E-state index in [1.165, 1.54) is 0 Å². The Morgan fingerprint density at radius 1 is 0.962 bits per heavy atom. The Kier molecular flexibility index (Phi) is 13.5. The molecule has 4 atom stereocenters. The van der Waals surface area contributed by atoms with Crippen molar-refractivity contribution in [2.24, 2.45) is 5.92 Å². The van der Waals surface area contributed by atoms with E-state index in [-0.39, 0.29) is 49.2 Å². The van der Waals surface area contributed by atoms with Gasteiger partial charge >= 0.3 is 12.1 Å². The number of carbonyl (C=O) groups is 3. The van der Waals surface area contributed by atoms with Crippen LogP contribution in [0.5, 0.6) is 11.5 Å². The minimum atomic E-state index is -0.550. The van der Waals surface area contributed by atoms with Crippen molar-refractivity contribution in [3.63, 3.8) is 0 Å². The second kappa shape index (κ2) is 18.4. The first kappa shape index (κ1) is 38.9. The molecule has 0 aliphatic carbocycles. The normalized spacial score (nSPS) is 18.9. The molecule has 1 heterocycles. The Bertz CT molecular complexity index is 1850. The van der Waals surface area contributed by atoms with Crippen molar-refractivity contribution in [1.29, 1.82) is 0 Å². The Balaban J connectivity index is 1.36. The molecule has 1 aliphatic heterocycles. The zero-order valence-electron chi connectivity index (χ0n) is 31.1. The van der Waals surface area contributed by atoms with Crippen molar-refractivity contribution in [3.05, 3.63) is 90.5 Å². The third-order valence-electron chi connectivity index (χ3n) is 9.49. The molecule has 53 heavy (non-hydrogen) atoms. The molecule has 282 valence electrons. The number of likely N-dealkylation sites (N-methyl/N-ethyl adjacent to an activating group) is 1. The molecule has 0 saturated heterocycles. The third-order valence-corrected chi connectivity index (χ3v) is 9.49. The number of hydrogen-bond acceptors (Lipinski definition) is 7. The van der Waals surface area contributed by atoms with Gasteiger partial charge in [0.1, 0.15) is 11.5 Å². The van der Waals surface area contributed by atoms with Crippen LogP contribution < -0.4 is 25.4 Å². The molecule has 0 saturated carbocycles. The second-order valence-electron chi connectivity index (χ2n) is 13.7. The van der Waals surface area contributed by atoms with Crippen LogP contribution in [-0.4, -0.2) is 91.6 Å². The van der Waals surface area contributed by atoms with Crippen LogP contribution in [0.1, 0.15) is 50.4 Å². The number of aliphatic hydroxyl groups excluding tert-OH is 1. The number of ether oxygens (including phenoxy) is 3. The molecule has 0 aromatic heterocycles. The van der Waals surface area contributed by atoms with E-state index < -0.39 is 18.2 Å². The monoisotopic (exact) mass is 725 g/mol. The topological polar surface area (TPSA) is 142 Å². The third kappa shape index (κ3) is 10.4. The highest BCUT2D eigenvalue weighted by Gasteiger charge is 2.31. The summed E-state index contributed by atoms with van der Waals surface area (Å²) in [7, 11) is 3.30. The van der Waals surface area contributed by atoms with Gasteiger partial charge in [0.05, 0.1) is 43.2 Å². The van der Waals surface area contributed by atoms with Crippen LogP contribution in [0.3, 0.4) is 0 Å². The van der Waals surface area contributed by atoms with Crippen molar-refractivity contribution in [3.8, 4) is 11.5 Å². The molecule has 0 unspecified atom stereocenters. The van der Waals surface area contributed by atoms with Gasteiger partial charge < -0.3 is 45.1 Å². The van der Waals surface area contributed by atoms with Gasteiger partial charge in [0.2, 0.25) is 0 Å². The minimum absolute atomic E-state index is 0.205. The zero-order valence-corrected chi connectivity index (χ0v) is 31.1. The summed E-state index contributed by atoms with van der Waals surface area (Å²) >= 11 is 0. The van der Waals surface area contributed by atoms with Gasteiger partial charge in [0.25, 0.3) is 5.91 Å². The second-order valence-corrected chi connectivity index (χ2v) is 13.7. The van der Waals surface area contributed by atoms with E-state index in [0.29, 0.717) is 29.5 Å². The number of amides is 5. The van der Waals surface area contributed by atoms with Crippen molar-refractivity contribution in [1.82, 2.24) is 9.80 Å². The average Bonchev–Trinajstić information content (AvgIpc) is 3.16. The van der Waals surface area contributed by atoms with Gasteiger partial charge in [0, 0.05) is 49.4 Å². The molecule has 4 N–H and O–H groups in total. The zero-order chi connectivity index (χ0) is 37.9. The standard InChI is InChI=1S/C41H51N5O7/c1-27-24-46(28(2)26-47)39(48)35-23-32(43-40(49)42-31-16-19-33(51-5)20-17-31)18-21-37(35)53-29(3)11-8-9-22-52-38(27)25-45(4)41(50)44-36-15-10-13-30-12-6-7-14-34(30)36/h6-7,10,12-21,23,27-29,38,47H,8-9,11,22,24-26H2,1-5H3,(H,44,50)(H2,42,43,49)/t27-,28+,29+,38+/m1/s1. The molecule has 1 aliphatic rings. The van der Waals surface area contributed by atoms with Crippen molar-refractivity contribution < 1.29 is 33.7 Å². The molecular formula is C41H51N5O7. The first-order valence-corrected chi connectivity index (χ1v) is 18.1. The van der Waals surface area contributed by atoms with Gasteiger partial charge in [-0.15, -0.1) is 0 Å². The highest BCUT2D eigenvalue weighted by Crippen LogP contribution is 2.29. The number of nitrogens with zero attached hydrogens (tertiary/aromatic N) is 2. The largest absolute Gasteiger partial charge is 0.497 e. The lowest BCUT2D eigenvalue weighted by Gasteiger charge is -2.35. The lowest BCUT2D eigenvalue weighted by atomic mass is 10.0. The number of hydrogen-bond donors (Lipinski definition) is 4. The Morgan fingerprint density at radius 3 is 2.43 bits per heavy atom. The maximum Gasteiger partial charge on any atom is 0.323 e. The van der Waals surface area contributed by atoms with E-state index in [9.17, 15) is 19.5 Å². The molecule has 0 spiro atoms. The maximum atomic E-state index is 14.5. The number of aliphatic hydroxyl groups is 1. The van der Waals surface area contributed by atoms with Gasteiger partial charge in [-0.25, -0.2) is 9.59 Å². The molecule has 12 heteroatoms. The fourth-order valence-corrected chi connectivity index (χ4v) is 6.33. The number of carbonyl (C=O) groups excluding carboxylic acids is 3. The first-order valence-electron chi connectivity index (χ1n) is 18.1. The van der Waals surface area contributed by atoms with E-state index in [4.69, 9.17) is 14.2 Å². The van der Waals surface area contributed by atoms with Crippen LogP contribution in [0, 0.1) is 5.92 Å². The molecule has 4 aromatic rings. The summed E-state index contributed by atoms with van der Waals surface area (Å²) < 4.78 is 17.9. The average molecular weight is 726 g/mol. The maximum absolute atomic E-state index is 14.5. The van der Waals surface area contributed by atoms with E-state index in [2.05, 4.69) is 16.0 Å². The van der Waals surface area contributed by atoms with Crippen LogP contribution in [-0.2, 0) is 4.74 Å². The molecular weight excluding hydrogens is 674 g/mol. The smallest absolute Gasteiger partial charge is 0.323 e. The molecule has 12 nitrogen and oxygen atoms in total. The SMILES string of the molecule is COc1ccc(NC(=O)Nc2ccc3c(c2)C(=O)N([C@@H](C)CO)C[C@@H](C)[C@H](CN(C)C(=O)Nc2cccc4ccccc24)OCCCC[C@H](C)O3)cc1. The molecule has 5 rings (SSSR count). The van der Waals surface area contributed by atoms with Crippen LogP contribution in [0.4, 0.5) is 26.7 Å². The summed E-state index contributed by atoms with van der Waals surface area (Å²) in [6, 6.07) is 24.3. The van der Waals surface area contributed by atoms with Crippen LogP contribution in [0.2, 0.25) is 0 Å². The molecule has 5 amide bonds. The van der Waals surface area contributed by atoms with Crippen molar-refractivity contribution in [2.75, 3.05) is 56.4 Å². The Labute approximate surface area is 311 Å². The number of fused-ring (bicyclic) bond motifs is 2. The summed E-state index contributed by atoms with van der Waals surface area (Å²) in [5.41, 5.74) is 1.94. The fraction of sp³-hybridized carbons (Fsp3) is 0.390. The summed E-state index contributed by atoms with van der Waals surface area (Å²) in [6.45, 7) is 6.44. The lowest BCUT2D eigenvalue weighted by Crippen LogP contribution is -2.48. The molecule has 0 radical (unpaired) electrons. The number of benzene rings is 4. The highest BCUT2D eigenvalue weighted by molar-refractivity contribution is 6.03. The van der Waals surface area contributed by atoms with E-state index in [0.717, 1.165) is 35.7 Å². The summed E-state index contributed by atoms with van der Waals surface area (Å²) in [5.74, 6) is 0.459. The van der Waals surface area contributed by atoms with Gasteiger partial charge in [-0.3, -0.25) is 4.79 Å². The summed E-state index contributed by atoms with van der Waals surface area (Å²) in [5, 5.41) is 20.9. The van der Waals surface area contributed by atoms with E-state index in [1.54, 1.807) is 73.3 Å². The lowest BCUT2D eigenvalue weighted by molar-refractivity contribution is -0.0115. The molecule has 0 bridgehead atoms. The minimum Gasteiger partial charge on any atom is -0.497 e. The molecule has 4 aromatic carbocycles. The Morgan fingerprint density at radius 2 is 1.68 bits per heavy atom. The number of rotatable bonds is 8.